The van der Waals surface area contributed by atoms with E-state index in [1.807, 2.05) is 12.1 Å². The van der Waals surface area contributed by atoms with Crippen molar-refractivity contribution in [3.05, 3.63) is 34.5 Å². The summed E-state index contributed by atoms with van der Waals surface area (Å²) in [6.07, 6.45) is 3.88. The number of rotatable bonds is 2. The van der Waals surface area contributed by atoms with Crippen LogP contribution in [-0.2, 0) is 10.4 Å². The summed E-state index contributed by atoms with van der Waals surface area (Å²) in [6.45, 7) is 7.39. The van der Waals surface area contributed by atoms with Crippen LogP contribution in [0.4, 0.5) is 5.82 Å². The molecule has 3 heterocycles. The Morgan fingerprint density at radius 3 is 2.70 bits per heavy atom. The molecular weight excluding hydrogens is 310 g/mol. The van der Waals surface area contributed by atoms with Crippen molar-refractivity contribution >= 4 is 23.4 Å². The quantitative estimate of drug-likeness (QED) is 0.859. The fourth-order valence-corrected chi connectivity index (χ4v) is 3.66. The standard InChI is InChI=1S/C16H23N5OS/c1-11-14(23-3)15(21-6-8-22-9-7-21)20-16(2,19-11)12-4-5-13(17)18-10-12/h4-5,10,19H,6-9H2,1-3H3,(H2,17,18). The summed E-state index contributed by atoms with van der Waals surface area (Å²) < 4.78 is 5.48. The number of hydrogen-bond donors (Lipinski definition) is 2. The molecule has 1 atom stereocenters. The van der Waals surface area contributed by atoms with Crippen LogP contribution in [0.2, 0.25) is 0 Å². The van der Waals surface area contributed by atoms with Crippen molar-refractivity contribution in [3.63, 3.8) is 0 Å². The number of anilines is 1. The van der Waals surface area contributed by atoms with E-state index in [0.717, 1.165) is 43.4 Å². The van der Waals surface area contributed by atoms with Crippen molar-refractivity contribution in [2.45, 2.75) is 19.5 Å². The highest BCUT2D eigenvalue weighted by molar-refractivity contribution is 8.03. The van der Waals surface area contributed by atoms with Crippen molar-refractivity contribution in [3.8, 4) is 0 Å². The van der Waals surface area contributed by atoms with Crippen LogP contribution in [0.15, 0.2) is 33.9 Å². The molecule has 1 saturated heterocycles. The molecule has 6 nitrogen and oxygen atoms in total. The van der Waals surface area contributed by atoms with Crippen LogP contribution in [0, 0.1) is 0 Å². The van der Waals surface area contributed by atoms with E-state index in [4.69, 9.17) is 15.5 Å². The number of amidine groups is 1. The molecule has 1 fully saturated rings. The summed E-state index contributed by atoms with van der Waals surface area (Å²) in [4.78, 5) is 12.8. The predicted octanol–water partition coefficient (Wildman–Crippen LogP) is 1.76. The molecule has 0 spiro atoms. The molecule has 0 radical (unpaired) electrons. The predicted molar refractivity (Wildman–Crippen MR) is 95.2 cm³/mol. The van der Waals surface area contributed by atoms with E-state index in [1.54, 1.807) is 18.0 Å². The van der Waals surface area contributed by atoms with Crippen LogP contribution in [0.1, 0.15) is 19.4 Å². The number of hydrogen-bond acceptors (Lipinski definition) is 7. The van der Waals surface area contributed by atoms with Crippen LogP contribution in [0.3, 0.4) is 0 Å². The summed E-state index contributed by atoms with van der Waals surface area (Å²) >= 11 is 1.72. The SMILES string of the molecule is CSC1=C(C)NC(C)(c2ccc(N)nc2)N=C1N1CCOCC1. The van der Waals surface area contributed by atoms with E-state index >= 15 is 0 Å². The molecule has 0 aliphatic carbocycles. The minimum atomic E-state index is -0.544. The number of nitrogens with two attached hydrogens (primary N) is 1. The van der Waals surface area contributed by atoms with Crippen molar-refractivity contribution in [2.24, 2.45) is 4.99 Å². The molecule has 0 aromatic carbocycles. The van der Waals surface area contributed by atoms with Gasteiger partial charge in [-0.1, -0.05) is 0 Å². The number of nitrogens with zero attached hydrogens (tertiary/aromatic N) is 3. The van der Waals surface area contributed by atoms with E-state index in [-0.39, 0.29) is 0 Å². The Morgan fingerprint density at radius 2 is 2.09 bits per heavy atom. The van der Waals surface area contributed by atoms with Gasteiger partial charge < -0.3 is 20.7 Å². The maximum absolute atomic E-state index is 5.71. The third-order valence-electron chi connectivity index (χ3n) is 4.17. The number of allylic oxidation sites excluding steroid dienone is 1. The maximum Gasteiger partial charge on any atom is 0.156 e. The first-order valence-electron chi connectivity index (χ1n) is 7.71. The highest BCUT2D eigenvalue weighted by Gasteiger charge is 2.34. The zero-order chi connectivity index (χ0) is 16.4. The molecule has 124 valence electrons. The number of nitrogen functional groups attached to an aromatic ring is 1. The van der Waals surface area contributed by atoms with E-state index in [1.165, 1.54) is 4.91 Å². The van der Waals surface area contributed by atoms with Gasteiger partial charge in [-0.05, 0) is 32.2 Å². The summed E-state index contributed by atoms with van der Waals surface area (Å²) in [6, 6.07) is 3.79. The Kier molecular flexibility index (Phi) is 4.50. The first kappa shape index (κ1) is 16.1. The highest BCUT2D eigenvalue weighted by atomic mass is 32.2. The maximum atomic E-state index is 5.71. The van der Waals surface area contributed by atoms with Gasteiger partial charge in [0, 0.05) is 30.5 Å². The Labute approximate surface area is 141 Å². The van der Waals surface area contributed by atoms with Gasteiger partial charge in [-0.15, -0.1) is 11.8 Å². The number of morpholine rings is 1. The third-order valence-corrected chi connectivity index (χ3v) is 5.06. The number of aromatic nitrogens is 1. The van der Waals surface area contributed by atoms with Gasteiger partial charge in [0.05, 0.1) is 18.1 Å². The number of ether oxygens (including phenoxy) is 1. The average Bonchev–Trinajstić information content (AvgIpc) is 2.55. The van der Waals surface area contributed by atoms with Gasteiger partial charge in [0.25, 0.3) is 0 Å². The molecule has 1 aromatic rings. The summed E-state index contributed by atoms with van der Waals surface area (Å²) in [5.41, 5.74) is 7.30. The smallest absolute Gasteiger partial charge is 0.156 e. The van der Waals surface area contributed by atoms with Crippen molar-refractivity contribution in [1.29, 1.82) is 0 Å². The average molecular weight is 333 g/mol. The third kappa shape index (κ3) is 3.16. The second kappa shape index (κ2) is 6.41. The lowest BCUT2D eigenvalue weighted by Gasteiger charge is -2.39. The normalized spacial score (nSPS) is 25.2. The van der Waals surface area contributed by atoms with Crippen LogP contribution < -0.4 is 11.1 Å². The second-order valence-corrected chi connectivity index (χ2v) is 6.68. The van der Waals surface area contributed by atoms with Gasteiger partial charge in [-0.2, -0.15) is 0 Å². The molecule has 0 bridgehead atoms. The Bertz CT molecular complexity index is 636. The number of aliphatic imine (C=N–C) groups is 1. The minimum Gasteiger partial charge on any atom is -0.384 e. The molecular formula is C16H23N5OS. The Balaban J connectivity index is 2.01. The van der Waals surface area contributed by atoms with Crippen LogP contribution in [0.5, 0.6) is 0 Å². The molecule has 3 N–H and O–H groups in total. The second-order valence-electron chi connectivity index (χ2n) is 5.86. The molecule has 0 amide bonds. The van der Waals surface area contributed by atoms with Crippen LogP contribution in [-0.4, -0.2) is 48.3 Å². The van der Waals surface area contributed by atoms with E-state index in [0.29, 0.717) is 5.82 Å². The molecule has 1 aromatic heterocycles. The molecule has 23 heavy (non-hydrogen) atoms. The fourth-order valence-electron chi connectivity index (χ4n) is 2.94. The zero-order valence-electron chi connectivity index (χ0n) is 13.8. The lowest BCUT2D eigenvalue weighted by molar-refractivity contribution is 0.0676. The molecule has 2 aliphatic rings. The monoisotopic (exact) mass is 333 g/mol. The van der Waals surface area contributed by atoms with Gasteiger partial charge in [0.15, 0.2) is 5.66 Å². The summed E-state index contributed by atoms with van der Waals surface area (Å²) in [5.74, 6) is 1.55. The van der Waals surface area contributed by atoms with E-state index in [2.05, 4.69) is 35.3 Å². The van der Waals surface area contributed by atoms with Gasteiger partial charge in [0.1, 0.15) is 11.7 Å². The van der Waals surface area contributed by atoms with E-state index < -0.39 is 5.66 Å². The Hall–Kier alpha value is -1.73. The van der Waals surface area contributed by atoms with Crippen LogP contribution in [0.25, 0.3) is 0 Å². The highest BCUT2D eigenvalue weighted by Crippen LogP contribution is 2.33. The molecule has 2 aliphatic heterocycles. The van der Waals surface area contributed by atoms with Gasteiger partial charge >= 0.3 is 0 Å². The van der Waals surface area contributed by atoms with Crippen molar-refractivity contribution in [2.75, 3.05) is 38.3 Å². The van der Waals surface area contributed by atoms with E-state index in [9.17, 15) is 0 Å². The number of pyridine rings is 1. The number of nitrogens with one attached hydrogen (secondary N) is 1. The summed E-state index contributed by atoms with van der Waals surface area (Å²) in [5, 5.41) is 3.53. The molecule has 0 saturated carbocycles. The van der Waals surface area contributed by atoms with Crippen LogP contribution >= 0.6 is 11.8 Å². The lowest BCUT2D eigenvalue weighted by atomic mass is 10.0. The molecule has 1 unspecified atom stereocenters. The van der Waals surface area contributed by atoms with Crippen molar-refractivity contribution in [1.82, 2.24) is 15.2 Å². The molecule has 7 heteroatoms. The lowest BCUT2D eigenvalue weighted by Crippen LogP contribution is -2.48. The Morgan fingerprint density at radius 1 is 1.35 bits per heavy atom. The molecule has 3 rings (SSSR count). The van der Waals surface area contributed by atoms with Gasteiger partial charge in [-0.3, -0.25) is 0 Å². The van der Waals surface area contributed by atoms with Gasteiger partial charge in [0.2, 0.25) is 0 Å². The summed E-state index contributed by atoms with van der Waals surface area (Å²) in [7, 11) is 0. The first-order valence-corrected chi connectivity index (χ1v) is 8.94. The fraction of sp³-hybridized carbons (Fsp3) is 0.500. The van der Waals surface area contributed by atoms with Gasteiger partial charge in [-0.25, -0.2) is 9.98 Å². The largest absolute Gasteiger partial charge is 0.384 e. The van der Waals surface area contributed by atoms with Crippen molar-refractivity contribution < 1.29 is 4.74 Å². The topological polar surface area (TPSA) is 75.8 Å². The first-order chi connectivity index (χ1) is 11.0. The minimum absolute atomic E-state index is 0.516. The number of thioether (sulfide) groups is 1. The zero-order valence-corrected chi connectivity index (χ0v) is 14.6.